The number of carbonyl (C=O) groups excluding carboxylic acids is 1. The summed E-state index contributed by atoms with van der Waals surface area (Å²) < 4.78 is 0. The summed E-state index contributed by atoms with van der Waals surface area (Å²) in [4.78, 5) is 14.1. The van der Waals surface area contributed by atoms with Crippen LogP contribution in [0.5, 0.6) is 0 Å². The number of hydrogen-bond acceptors (Lipinski definition) is 1. The van der Waals surface area contributed by atoms with Crippen molar-refractivity contribution in [2.24, 2.45) is 0 Å². The quantitative estimate of drug-likeness (QED) is 0.612. The van der Waals surface area contributed by atoms with Gasteiger partial charge in [-0.1, -0.05) is 11.6 Å². The van der Waals surface area contributed by atoms with E-state index in [0.717, 1.165) is 28.3 Å². The van der Waals surface area contributed by atoms with E-state index >= 15 is 0 Å². The fourth-order valence-electron chi connectivity index (χ4n) is 2.10. The van der Waals surface area contributed by atoms with Gasteiger partial charge in [0.25, 0.3) is 0 Å². The van der Waals surface area contributed by atoms with Crippen molar-refractivity contribution in [3.05, 3.63) is 47.5 Å². The summed E-state index contributed by atoms with van der Waals surface area (Å²) in [7, 11) is 0. The van der Waals surface area contributed by atoms with E-state index in [1.54, 1.807) is 0 Å². The molecule has 2 heteroatoms. The Morgan fingerprint density at radius 1 is 1.00 bits per heavy atom. The number of rotatable bonds is 1. The molecule has 0 aliphatic rings. The number of benzene rings is 2. The smallest absolute Gasteiger partial charge is 0.150 e. The lowest BCUT2D eigenvalue weighted by molar-refractivity contribution is 0.112. The summed E-state index contributed by atoms with van der Waals surface area (Å²) in [5.41, 5.74) is 4.13. The van der Waals surface area contributed by atoms with Crippen LogP contribution in [0.1, 0.15) is 15.9 Å². The first-order valence-electron chi connectivity index (χ1n) is 5.25. The van der Waals surface area contributed by atoms with Gasteiger partial charge in [-0.3, -0.25) is 4.79 Å². The molecule has 1 heterocycles. The normalized spacial score (nSPS) is 11.1. The van der Waals surface area contributed by atoms with E-state index in [-0.39, 0.29) is 0 Å². The number of aromatic nitrogens is 1. The Bertz CT molecular complexity index is 694. The number of aromatic amines is 1. The van der Waals surface area contributed by atoms with Crippen molar-refractivity contribution >= 4 is 28.1 Å². The molecule has 0 amide bonds. The number of H-pyrrole nitrogens is 1. The summed E-state index contributed by atoms with van der Waals surface area (Å²) in [6.45, 7) is 2.07. The Morgan fingerprint density at radius 2 is 1.69 bits per heavy atom. The molecule has 0 saturated carbocycles. The highest BCUT2D eigenvalue weighted by Crippen LogP contribution is 2.26. The number of carbonyl (C=O) groups is 1. The first-order valence-corrected chi connectivity index (χ1v) is 5.25. The van der Waals surface area contributed by atoms with Gasteiger partial charge >= 0.3 is 0 Å². The number of fused-ring (bicyclic) bond motifs is 3. The van der Waals surface area contributed by atoms with Crippen LogP contribution in [0.2, 0.25) is 0 Å². The van der Waals surface area contributed by atoms with Crippen molar-refractivity contribution in [1.82, 2.24) is 4.98 Å². The molecule has 0 aliphatic heterocycles. The van der Waals surface area contributed by atoms with Crippen LogP contribution in [0.25, 0.3) is 21.8 Å². The molecule has 0 saturated heterocycles. The topological polar surface area (TPSA) is 32.9 Å². The Hall–Kier alpha value is -2.09. The first-order chi connectivity index (χ1) is 7.78. The predicted octanol–water partition coefficient (Wildman–Crippen LogP) is 3.44. The lowest BCUT2D eigenvalue weighted by Crippen LogP contribution is -1.77. The molecular weight excluding hydrogens is 198 g/mol. The van der Waals surface area contributed by atoms with Crippen LogP contribution < -0.4 is 0 Å². The SMILES string of the molecule is Cc1ccc2[nH]c3ccc(C=O)cc3c2c1. The second-order valence-electron chi connectivity index (χ2n) is 4.10. The van der Waals surface area contributed by atoms with Crippen molar-refractivity contribution in [2.45, 2.75) is 6.92 Å². The molecule has 16 heavy (non-hydrogen) atoms. The van der Waals surface area contributed by atoms with Crippen molar-refractivity contribution in [3.8, 4) is 0 Å². The highest BCUT2D eigenvalue weighted by Gasteiger charge is 2.04. The zero-order valence-corrected chi connectivity index (χ0v) is 8.95. The van der Waals surface area contributed by atoms with Gasteiger partial charge in [0.2, 0.25) is 0 Å². The van der Waals surface area contributed by atoms with Gasteiger partial charge < -0.3 is 4.98 Å². The maximum atomic E-state index is 10.8. The number of aryl methyl sites for hydroxylation is 1. The highest BCUT2D eigenvalue weighted by atomic mass is 16.1. The molecular formula is C14H11NO. The Labute approximate surface area is 92.9 Å². The maximum Gasteiger partial charge on any atom is 0.150 e. The summed E-state index contributed by atoms with van der Waals surface area (Å²) in [6, 6.07) is 12.0. The van der Waals surface area contributed by atoms with Crippen LogP contribution in [0.3, 0.4) is 0 Å². The fourth-order valence-corrected chi connectivity index (χ4v) is 2.10. The molecule has 0 spiro atoms. The van der Waals surface area contributed by atoms with Gasteiger partial charge in [-0.25, -0.2) is 0 Å². The third-order valence-corrected chi connectivity index (χ3v) is 2.91. The molecule has 3 rings (SSSR count). The van der Waals surface area contributed by atoms with Gasteiger partial charge in [-0.2, -0.15) is 0 Å². The molecule has 0 atom stereocenters. The lowest BCUT2D eigenvalue weighted by atomic mass is 10.1. The molecule has 2 nitrogen and oxygen atoms in total. The van der Waals surface area contributed by atoms with Crippen LogP contribution in [-0.2, 0) is 0 Å². The number of aldehydes is 1. The van der Waals surface area contributed by atoms with Gasteiger partial charge in [0.15, 0.2) is 0 Å². The van der Waals surface area contributed by atoms with E-state index in [1.165, 1.54) is 10.9 Å². The molecule has 2 aromatic carbocycles. The van der Waals surface area contributed by atoms with Gasteiger partial charge in [0.1, 0.15) is 6.29 Å². The molecule has 3 aromatic rings. The molecule has 78 valence electrons. The number of nitrogens with one attached hydrogen (secondary N) is 1. The summed E-state index contributed by atoms with van der Waals surface area (Å²) in [6.07, 6.45) is 0.883. The van der Waals surface area contributed by atoms with Crippen LogP contribution in [-0.4, -0.2) is 11.3 Å². The Balaban J connectivity index is 2.49. The zero-order chi connectivity index (χ0) is 11.1. The van der Waals surface area contributed by atoms with Gasteiger partial charge in [0, 0.05) is 27.4 Å². The average Bonchev–Trinajstić information content (AvgIpc) is 2.66. The van der Waals surface area contributed by atoms with Crippen LogP contribution in [0, 0.1) is 6.92 Å². The lowest BCUT2D eigenvalue weighted by Gasteiger charge is -1.94. The predicted molar refractivity (Wildman–Crippen MR) is 65.9 cm³/mol. The van der Waals surface area contributed by atoms with Crippen LogP contribution in [0.4, 0.5) is 0 Å². The fraction of sp³-hybridized carbons (Fsp3) is 0.0714. The van der Waals surface area contributed by atoms with Crippen molar-refractivity contribution in [2.75, 3.05) is 0 Å². The minimum Gasteiger partial charge on any atom is -0.355 e. The van der Waals surface area contributed by atoms with E-state index in [9.17, 15) is 4.79 Å². The molecule has 1 aromatic heterocycles. The highest BCUT2D eigenvalue weighted by molar-refractivity contribution is 6.08. The van der Waals surface area contributed by atoms with E-state index in [1.807, 2.05) is 18.2 Å². The Morgan fingerprint density at radius 3 is 2.44 bits per heavy atom. The molecule has 1 N–H and O–H groups in total. The molecule has 0 bridgehead atoms. The average molecular weight is 209 g/mol. The molecule has 0 radical (unpaired) electrons. The summed E-state index contributed by atoms with van der Waals surface area (Å²) in [5.74, 6) is 0. The van der Waals surface area contributed by atoms with Crippen molar-refractivity contribution in [3.63, 3.8) is 0 Å². The second kappa shape index (κ2) is 3.20. The number of hydrogen-bond donors (Lipinski definition) is 1. The Kier molecular flexibility index (Phi) is 1.83. The van der Waals surface area contributed by atoms with E-state index < -0.39 is 0 Å². The minimum atomic E-state index is 0.718. The van der Waals surface area contributed by atoms with Crippen LogP contribution >= 0.6 is 0 Å². The van der Waals surface area contributed by atoms with Gasteiger partial charge in [0.05, 0.1) is 0 Å². The van der Waals surface area contributed by atoms with Crippen LogP contribution in [0.15, 0.2) is 36.4 Å². The van der Waals surface area contributed by atoms with Gasteiger partial charge in [-0.05, 0) is 37.3 Å². The maximum absolute atomic E-state index is 10.8. The van der Waals surface area contributed by atoms with E-state index in [0.29, 0.717) is 0 Å². The molecule has 0 fully saturated rings. The molecule has 0 unspecified atom stereocenters. The van der Waals surface area contributed by atoms with E-state index in [2.05, 4.69) is 30.1 Å². The van der Waals surface area contributed by atoms with Crippen molar-refractivity contribution < 1.29 is 4.79 Å². The van der Waals surface area contributed by atoms with Crippen molar-refractivity contribution in [1.29, 1.82) is 0 Å². The largest absolute Gasteiger partial charge is 0.355 e. The van der Waals surface area contributed by atoms with Gasteiger partial charge in [-0.15, -0.1) is 0 Å². The second-order valence-corrected chi connectivity index (χ2v) is 4.10. The third kappa shape index (κ3) is 1.23. The first kappa shape index (κ1) is 9.16. The van der Waals surface area contributed by atoms with E-state index in [4.69, 9.17) is 0 Å². The zero-order valence-electron chi connectivity index (χ0n) is 8.95. The standard InChI is InChI=1S/C14H11NO/c1-9-2-4-13-11(6-9)12-7-10(8-16)3-5-14(12)15-13/h2-8,15H,1H3. The minimum absolute atomic E-state index is 0.718. The molecule has 0 aliphatic carbocycles. The monoisotopic (exact) mass is 209 g/mol. The summed E-state index contributed by atoms with van der Waals surface area (Å²) in [5, 5.41) is 2.29. The summed E-state index contributed by atoms with van der Waals surface area (Å²) >= 11 is 0. The third-order valence-electron chi connectivity index (χ3n) is 2.91.